The zero-order valence-corrected chi connectivity index (χ0v) is 16.3. The first kappa shape index (κ1) is 20.7. The van der Waals surface area contributed by atoms with E-state index >= 15 is 0 Å². The molecule has 1 aromatic carbocycles. The highest BCUT2D eigenvalue weighted by atomic mass is 16.6. The van der Waals surface area contributed by atoms with Crippen molar-refractivity contribution in [3.8, 4) is 0 Å². The number of primary amides is 1. The number of piperazine rings is 1. The van der Waals surface area contributed by atoms with Gasteiger partial charge in [-0.05, 0) is 45.5 Å². The highest BCUT2D eigenvalue weighted by Crippen LogP contribution is 2.19. The van der Waals surface area contributed by atoms with Crippen LogP contribution in [0.5, 0.6) is 0 Å². The summed E-state index contributed by atoms with van der Waals surface area (Å²) >= 11 is 0. The molecule has 0 spiro atoms. The average Bonchev–Trinajstić information content (AvgIpc) is 2.52. The summed E-state index contributed by atoms with van der Waals surface area (Å²) in [5, 5.41) is 2.51. The van der Waals surface area contributed by atoms with Gasteiger partial charge in [-0.25, -0.2) is 4.79 Å². The number of hydrogen-bond donors (Lipinski definition) is 2. The smallest absolute Gasteiger partial charge is 0.408 e. The van der Waals surface area contributed by atoms with Crippen LogP contribution in [0.3, 0.4) is 0 Å². The second-order valence-corrected chi connectivity index (χ2v) is 7.76. The number of nitrogens with one attached hydrogen (secondary N) is 1. The Hall–Kier alpha value is -2.61. The van der Waals surface area contributed by atoms with Crippen molar-refractivity contribution in [1.82, 2.24) is 10.2 Å². The fraction of sp³-hybridized carbons (Fsp3) is 0.526. The quantitative estimate of drug-likeness (QED) is 0.794. The standard InChI is InChI=1S/C19H28N4O4/c1-19(2,3)27-18(26)21-15(17(20)25)11-13-6-5-7-14(10-13)23-9-8-22(4)12-16(23)24/h5-7,10,15H,8-9,11-12H2,1-4H3,(H2,20,25)(H,21,26). The molecule has 1 saturated heterocycles. The summed E-state index contributed by atoms with van der Waals surface area (Å²) in [6.45, 7) is 6.98. The Kier molecular flexibility index (Phi) is 6.43. The first-order chi connectivity index (χ1) is 12.5. The molecular formula is C19H28N4O4. The number of nitrogens with two attached hydrogens (primary N) is 1. The van der Waals surface area contributed by atoms with Gasteiger partial charge in [0.05, 0.1) is 6.54 Å². The number of anilines is 1. The Bertz CT molecular complexity index is 714. The Morgan fingerprint density at radius 3 is 2.59 bits per heavy atom. The maximum atomic E-state index is 12.3. The Balaban J connectivity index is 2.09. The lowest BCUT2D eigenvalue weighted by Gasteiger charge is -2.32. The lowest BCUT2D eigenvalue weighted by Crippen LogP contribution is -2.49. The summed E-state index contributed by atoms with van der Waals surface area (Å²) in [6, 6.07) is 6.44. The Labute approximate surface area is 159 Å². The van der Waals surface area contributed by atoms with E-state index in [1.165, 1.54) is 0 Å². The molecule has 0 radical (unpaired) electrons. The third-order valence-corrected chi connectivity index (χ3v) is 4.11. The third kappa shape index (κ3) is 6.25. The summed E-state index contributed by atoms with van der Waals surface area (Å²) in [4.78, 5) is 39.7. The normalized spacial score (nSPS) is 16.7. The minimum absolute atomic E-state index is 0.0271. The number of likely N-dealkylation sites (N-methyl/N-ethyl adjacent to an activating group) is 1. The van der Waals surface area contributed by atoms with Gasteiger partial charge in [-0.3, -0.25) is 14.5 Å². The largest absolute Gasteiger partial charge is 0.444 e. The van der Waals surface area contributed by atoms with Gasteiger partial charge in [0.2, 0.25) is 11.8 Å². The molecule has 1 atom stereocenters. The van der Waals surface area contributed by atoms with Crippen molar-refractivity contribution in [2.45, 2.75) is 38.8 Å². The van der Waals surface area contributed by atoms with Gasteiger partial charge < -0.3 is 20.7 Å². The van der Waals surface area contributed by atoms with Gasteiger partial charge in [0.25, 0.3) is 0 Å². The molecule has 8 nitrogen and oxygen atoms in total. The van der Waals surface area contributed by atoms with Crippen LogP contribution in [-0.2, 0) is 20.7 Å². The molecule has 1 aromatic rings. The van der Waals surface area contributed by atoms with Crippen LogP contribution in [0, 0.1) is 0 Å². The average molecular weight is 376 g/mol. The number of ether oxygens (including phenoxy) is 1. The second kappa shape index (κ2) is 8.39. The number of benzene rings is 1. The van der Waals surface area contributed by atoms with Crippen LogP contribution in [0.2, 0.25) is 0 Å². The van der Waals surface area contributed by atoms with Crippen molar-refractivity contribution in [1.29, 1.82) is 0 Å². The van der Waals surface area contributed by atoms with Crippen LogP contribution in [0.15, 0.2) is 24.3 Å². The molecular weight excluding hydrogens is 348 g/mol. The van der Waals surface area contributed by atoms with Crippen LogP contribution in [0.4, 0.5) is 10.5 Å². The fourth-order valence-electron chi connectivity index (χ4n) is 2.82. The van der Waals surface area contributed by atoms with Gasteiger partial charge >= 0.3 is 6.09 Å². The van der Waals surface area contributed by atoms with Gasteiger partial charge in [-0.1, -0.05) is 12.1 Å². The molecule has 1 aliphatic heterocycles. The van der Waals surface area contributed by atoms with E-state index in [1.807, 2.05) is 36.2 Å². The van der Waals surface area contributed by atoms with E-state index < -0.39 is 23.6 Å². The SMILES string of the molecule is CN1CCN(c2cccc(CC(NC(=O)OC(C)(C)C)C(N)=O)c2)C(=O)C1. The van der Waals surface area contributed by atoms with Gasteiger partial charge in [0.1, 0.15) is 11.6 Å². The van der Waals surface area contributed by atoms with E-state index in [4.69, 9.17) is 10.5 Å². The number of nitrogens with zero attached hydrogens (tertiary/aromatic N) is 2. The van der Waals surface area contributed by atoms with Crippen molar-refractivity contribution < 1.29 is 19.1 Å². The fourth-order valence-corrected chi connectivity index (χ4v) is 2.82. The molecule has 27 heavy (non-hydrogen) atoms. The lowest BCUT2D eigenvalue weighted by atomic mass is 10.0. The van der Waals surface area contributed by atoms with Gasteiger partial charge in [0.15, 0.2) is 0 Å². The van der Waals surface area contributed by atoms with Gasteiger partial charge in [-0.2, -0.15) is 0 Å². The maximum Gasteiger partial charge on any atom is 0.408 e. The van der Waals surface area contributed by atoms with Crippen LogP contribution in [-0.4, -0.2) is 61.1 Å². The summed E-state index contributed by atoms with van der Waals surface area (Å²) < 4.78 is 5.18. The molecule has 0 aliphatic carbocycles. The maximum absolute atomic E-state index is 12.3. The minimum atomic E-state index is -0.904. The van der Waals surface area contributed by atoms with Crippen molar-refractivity contribution in [2.24, 2.45) is 5.73 Å². The number of alkyl carbamates (subject to hydrolysis) is 1. The zero-order valence-electron chi connectivity index (χ0n) is 16.3. The lowest BCUT2D eigenvalue weighted by molar-refractivity contribution is -0.121. The van der Waals surface area contributed by atoms with E-state index in [2.05, 4.69) is 5.32 Å². The molecule has 0 bridgehead atoms. The summed E-state index contributed by atoms with van der Waals surface area (Å²) in [5.74, 6) is -0.624. The first-order valence-electron chi connectivity index (χ1n) is 8.92. The molecule has 1 heterocycles. The molecule has 1 fully saturated rings. The number of carbonyl (C=O) groups is 3. The molecule has 3 amide bonds. The van der Waals surface area contributed by atoms with Gasteiger partial charge in [0, 0.05) is 25.2 Å². The molecule has 1 aliphatic rings. The number of amides is 3. The first-order valence-corrected chi connectivity index (χ1v) is 8.92. The molecule has 8 heteroatoms. The summed E-state index contributed by atoms with van der Waals surface area (Å²) in [5.41, 5.74) is 6.32. The Morgan fingerprint density at radius 1 is 1.30 bits per heavy atom. The monoisotopic (exact) mass is 376 g/mol. The number of carbonyl (C=O) groups excluding carboxylic acids is 3. The predicted molar refractivity (Wildman–Crippen MR) is 102 cm³/mol. The molecule has 3 N–H and O–H groups in total. The molecule has 148 valence electrons. The minimum Gasteiger partial charge on any atom is -0.444 e. The summed E-state index contributed by atoms with van der Waals surface area (Å²) in [7, 11) is 1.91. The second-order valence-electron chi connectivity index (χ2n) is 7.76. The third-order valence-electron chi connectivity index (χ3n) is 4.11. The van der Waals surface area contributed by atoms with Crippen LogP contribution in [0.1, 0.15) is 26.3 Å². The molecule has 0 saturated carbocycles. The van der Waals surface area contributed by atoms with Crippen molar-refractivity contribution >= 4 is 23.6 Å². The highest BCUT2D eigenvalue weighted by Gasteiger charge is 2.25. The van der Waals surface area contributed by atoms with E-state index in [0.717, 1.165) is 17.8 Å². The van der Waals surface area contributed by atoms with Gasteiger partial charge in [-0.15, -0.1) is 0 Å². The highest BCUT2D eigenvalue weighted by molar-refractivity contribution is 5.95. The Morgan fingerprint density at radius 2 is 2.00 bits per heavy atom. The number of rotatable bonds is 5. The topological polar surface area (TPSA) is 105 Å². The van der Waals surface area contributed by atoms with Crippen molar-refractivity contribution in [3.63, 3.8) is 0 Å². The van der Waals surface area contributed by atoms with E-state index in [-0.39, 0.29) is 12.3 Å². The van der Waals surface area contributed by atoms with Crippen molar-refractivity contribution in [3.05, 3.63) is 29.8 Å². The van der Waals surface area contributed by atoms with Crippen molar-refractivity contribution in [2.75, 3.05) is 31.6 Å². The predicted octanol–water partition coefficient (Wildman–Crippen LogP) is 0.886. The molecule has 1 unspecified atom stereocenters. The van der Waals surface area contributed by atoms with E-state index in [0.29, 0.717) is 13.1 Å². The number of hydrogen-bond acceptors (Lipinski definition) is 5. The van der Waals surface area contributed by atoms with Crippen LogP contribution < -0.4 is 16.0 Å². The van der Waals surface area contributed by atoms with Crippen LogP contribution in [0.25, 0.3) is 0 Å². The zero-order chi connectivity index (χ0) is 20.2. The summed E-state index contributed by atoms with van der Waals surface area (Å²) in [6.07, 6.45) is -0.485. The molecule has 2 rings (SSSR count). The van der Waals surface area contributed by atoms with E-state index in [1.54, 1.807) is 25.7 Å². The van der Waals surface area contributed by atoms with E-state index in [9.17, 15) is 14.4 Å². The van der Waals surface area contributed by atoms with Crippen LogP contribution >= 0.6 is 0 Å². The molecule has 0 aromatic heterocycles.